The van der Waals surface area contributed by atoms with Gasteiger partial charge in [0.25, 0.3) is 0 Å². The molecule has 19 heavy (non-hydrogen) atoms. The number of hydrogen-bond acceptors (Lipinski definition) is 1. The van der Waals surface area contributed by atoms with Crippen molar-refractivity contribution >= 4 is 5.78 Å². The van der Waals surface area contributed by atoms with Gasteiger partial charge in [0.1, 0.15) is 5.78 Å². The SMILES string of the molecule is CCCCCCCC(=O)CC(C)CCCCCCC. The number of hydrogen-bond donors (Lipinski definition) is 0. The quantitative estimate of drug-likeness (QED) is 0.338. The summed E-state index contributed by atoms with van der Waals surface area (Å²) < 4.78 is 0. The number of rotatable bonds is 14. The van der Waals surface area contributed by atoms with E-state index >= 15 is 0 Å². The van der Waals surface area contributed by atoms with E-state index < -0.39 is 0 Å². The molecule has 0 N–H and O–H groups in total. The predicted octanol–water partition coefficient (Wildman–Crippen LogP) is 6.30. The number of ketones is 1. The Morgan fingerprint density at radius 1 is 0.789 bits per heavy atom. The molecule has 0 spiro atoms. The number of carbonyl (C=O) groups is 1. The van der Waals surface area contributed by atoms with Crippen molar-refractivity contribution in [2.45, 2.75) is 104 Å². The van der Waals surface area contributed by atoms with Gasteiger partial charge in [-0.25, -0.2) is 0 Å². The van der Waals surface area contributed by atoms with Crippen LogP contribution in [0.4, 0.5) is 0 Å². The van der Waals surface area contributed by atoms with Crippen molar-refractivity contribution in [2.24, 2.45) is 5.92 Å². The highest BCUT2D eigenvalue weighted by atomic mass is 16.1. The molecule has 0 bridgehead atoms. The van der Waals surface area contributed by atoms with Crippen LogP contribution in [0.15, 0.2) is 0 Å². The van der Waals surface area contributed by atoms with Crippen LogP contribution < -0.4 is 0 Å². The van der Waals surface area contributed by atoms with Gasteiger partial charge >= 0.3 is 0 Å². The van der Waals surface area contributed by atoms with Gasteiger partial charge in [-0.2, -0.15) is 0 Å². The topological polar surface area (TPSA) is 17.1 Å². The lowest BCUT2D eigenvalue weighted by atomic mass is 9.95. The summed E-state index contributed by atoms with van der Waals surface area (Å²) in [6, 6.07) is 0. The summed E-state index contributed by atoms with van der Waals surface area (Å²) in [5.41, 5.74) is 0. The maximum Gasteiger partial charge on any atom is 0.133 e. The second-order valence-electron chi connectivity index (χ2n) is 6.22. The van der Waals surface area contributed by atoms with Crippen molar-refractivity contribution in [1.82, 2.24) is 0 Å². The molecule has 0 rings (SSSR count). The first-order valence-electron chi connectivity index (χ1n) is 8.72. The minimum atomic E-state index is 0.498. The first-order valence-corrected chi connectivity index (χ1v) is 8.72. The van der Waals surface area contributed by atoms with Crippen LogP contribution in [0, 0.1) is 5.92 Å². The van der Waals surface area contributed by atoms with Crippen molar-refractivity contribution in [1.29, 1.82) is 0 Å². The molecule has 0 aliphatic heterocycles. The molecule has 0 fully saturated rings. The van der Waals surface area contributed by atoms with Crippen LogP contribution in [0.25, 0.3) is 0 Å². The Labute approximate surface area is 121 Å². The number of unbranched alkanes of at least 4 members (excludes halogenated alkanes) is 8. The molecule has 0 heterocycles. The van der Waals surface area contributed by atoms with Crippen molar-refractivity contribution < 1.29 is 4.79 Å². The maximum atomic E-state index is 11.8. The first kappa shape index (κ1) is 18.7. The highest BCUT2D eigenvalue weighted by Gasteiger charge is 2.08. The minimum absolute atomic E-state index is 0.498. The van der Waals surface area contributed by atoms with Crippen molar-refractivity contribution in [2.75, 3.05) is 0 Å². The van der Waals surface area contributed by atoms with Gasteiger partial charge in [0.15, 0.2) is 0 Å². The molecule has 0 aromatic carbocycles. The zero-order valence-corrected chi connectivity index (χ0v) is 13.7. The lowest BCUT2D eigenvalue weighted by Crippen LogP contribution is -2.05. The Kier molecular flexibility index (Phi) is 13.8. The minimum Gasteiger partial charge on any atom is -0.300 e. The Balaban J connectivity index is 3.37. The molecular weight excluding hydrogens is 232 g/mol. The molecule has 0 aromatic heterocycles. The van der Waals surface area contributed by atoms with Crippen LogP contribution in [-0.4, -0.2) is 5.78 Å². The molecular formula is C18H36O. The largest absolute Gasteiger partial charge is 0.300 e. The van der Waals surface area contributed by atoms with Crippen molar-refractivity contribution in [3.63, 3.8) is 0 Å². The molecule has 0 aliphatic carbocycles. The normalized spacial score (nSPS) is 12.6. The molecule has 1 nitrogen and oxygen atoms in total. The highest BCUT2D eigenvalue weighted by molar-refractivity contribution is 5.78. The zero-order valence-electron chi connectivity index (χ0n) is 13.7. The fraction of sp³-hybridized carbons (Fsp3) is 0.944. The number of carbonyl (C=O) groups excluding carboxylic acids is 1. The molecule has 1 atom stereocenters. The van der Waals surface area contributed by atoms with Gasteiger partial charge in [-0.1, -0.05) is 85.0 Å². The van der Waals surface area contributed by atoms with Gasteiger partial charge in [0, 0.05) is 12.8 Å². The summed E-state index contributed by atoms with van der Waals surface area (Å²) in [6.07, 6.45) is 15.9. The summed E-state index contributed by atoms with van der Waals surface area (Å²) in [6.45, 7) is 6.73. The molecule has 0 radical (unpaired) electrons. The second kappa shape index (κ2) is 14.1. The molecule has 1 heteroatoms. The van der Waals surface area contributed by atoms with Gasteiger partial charge in [-0.15, -0.1) is 0 Å². The number of Topliss-reactive ketones (excluding diaryl/α,β-unsaturated/α-hetero) is 1. The summed E-state index contributed by atoms with van der Waals surface area (Å²) in [4.78, 5) is 11.8. The summed E-state index contributed by atoms with van der Waals surface area (Å²) in [7, 11) is 0. The van der Waals surface area contributed by atoms with Crippen LogP contribution in [0.2, 0.25) is 0 Å². The molecule has 114 valence electrons. The lowest BCUT2D eigenvalue weighted by Gasteiger charge is -2.10. The fourth-order valence-corrected chi connectivity index (χ4v) is 2.61. The van der Waals surface area contributed by atoms with Crippen LogP contribution in [0.3, 0.4) is 0 Å². The Hall–Kier alpha value is -0.330. The zero-order chi connectivity index (χ0) is 14.3. The van der Waals surface area contributed by atoms with Crippen LogP contribution in [-0.2, 0) is 4.79 Å². The average Bonchev–Trinajstić information content (AvgIpc) is 2.38. The van der Waals surface area contributed by atoms with Gasteiger partial charge in [0.05, 0.1) is 0 Å². The summed E-state index contributed by atoms with van der Waals surface area (Å²) >= 11 is 0. The van der Waals surface area contributed by atoms with E-state index in [0.717, 1.165) is 19.3 Å². The highest BCUT2D eigenvalue weighted by Crippen LogP contribution is 2.16. The van der Waals surface area contributed by atoms with E-state index in [4.69, 9.17) is 0 Å². The first-order chi connectivity index (χ1) is 9.20. The second-order valence-corrected chi connectivity index (χ2v) is 6.22. The average molecular weight is 268 g/mol. The predicted molar refractivity (Wildman–Crippen MR) is 85.5 cm³/mol. The Bertz CT molecular complexity index is 198. The fourth-order valence-electron chi connectivity index (χ4n) is 2.61. The summed E-state index contributed by atoms with van der Waals surface area (Å²) in [5, 5.41) is 0. The van der Waals surface area contributed by atoms with Gasteiger partial charge in [-0.05, 0) is 12.3 Å². The summed E-state index contributed by atoms with van der Waals surface area (Å²) in [5.74, 6) is 1.10. The standard InChI is InChI=1S/C18H36O/c1-4-6-8-10-12-14-17(3)16-18(19)15-13-11-9-7-5-2/h17H,4-16H2,1-3H3. The Morgan fingerprint density at radius 2 is 1.32 bits per heavy atom. The molecule has 0 aliphatic rings. The lowest BCUT2D eigenvalue weighted by molar-refractivity contribution is -0.120. The van der Waals surface area contributed by atoms with E-state index in [2.05, 4.69) is 20.8 Å². The van der Waals surface area contributed by atoms with Gasteiger partial charge in [0.2, 0.25) is 0 Å². The van der Waals surface area contributed by atoms with Crippen molar-refractivity contribution in [3.05, 3.63) is 0 Å². The van der Waals surface area contributed by atoms with E-state index in [1.54, 1.807) is 0 Å². The van der Waals surface area contributed by atoms with E-state index in [-0.39, 0.29) is 0 Å². The Morgan fingerprint density at radius 3 is 1.89 bits per heavy atom. The molecule has 0 saturated carbocycles. The maximum absolute atomic E-state index is 11.8. The monoisotopic (exact) mass is 268 g/mol. The molecule has 0 aromatic rings. The van der Waals surface area contributed by atoms with E-state index in [1.807, 2.05) is 0 Å². The third-order valence-corrected chi connectivity index (χ3v) is 3.94. The third kappa shape index (κ3) is 13.9. The molecule has 0 saturated heterocycles. The van der Waals surface area contributed by atoms with Crippen LogP contribution in [0.5, 0.6) is 0 Å². The van der Waals surface area contributed by atoms with Crippen LogP contribution >= 0.6 is 0 Å². The van der Waals surface area contributed by atoms with Gasteiger partial charge in [-0.3, -0.25) is 4.79 Å². The molecule has 0 amide bonds. The van der Waals surface area contributed by atoms with Gasteiger partial charge < -0.3 is 0 Å². The molecule has 1 unspecified atom stereocenters. The third-order valence-electron chi connectivity index (χ3n) is 3.94. The smallest absolute Gasteiger partial charge is 0.133 e. The van der Waals surface area contributed by atoms with E-state index in [1.165, 1.54) is 64.2 Å². The van der Waals surface area contributed by atoms with E-state index in [9.17, 15) is 4.79 Å². The van der Waals surface area contributed by atoms with Crippen molar-refractivity contribution in [3.8, 4) is 0 Å². The van der Waals surface area contributed by atoms with E-state index in [0.29, 0.717) is 11.7 Å². The van der Waals surface area contributed by atoms with Crippen LogP contribution in [0.1, 0.15) is 104 Å².